The Morgan fingerprint density at radius 1 is 1.43 bits per heavy atom. The zero-order valence-electron chi connectivity index (χ0n) is 13.8. The van der Waals surface area contributed by atoms with E-state index in [0.29, 0.717) is 22.4 Å². The molecule has 0 radical (unpaired) electrons. The molecule has 1 fully saturated rings. The van der Waals surface area contributed by atoms with Crippen LogP contribution < -0.4 is 0 Å². The number of thiazole rings is 1. The van der Waals surface area contributed by atoms with Gasteiger partial charge >= 0.3 is 0 Å². The van der Waals surface area contributed by atoms with Crippen molar-refractivity contribution in [3.8, 4) is 10.8 Å². The van der Waals surface area contributed by atoms with Crippen LogP contribution in [0.25, 0.3) is 10.8 Å². The highest BCUT2D eigenvalue weighted by molar-refractivity contribution is 7.13. The van der Waals surface area contributed by atoms with Crippen LogP contribution in [-0.2, 0) is 12.6 Å². The minimum absolute atomic E-state index is 0.0256. The molecule has 23 heavy (non-hydrogen) atoms. The lowest BCUT2D eigenvalue weighted by Crippen LogP contribution is -2.33. The number of carbonyl (C=O) groups excluding carboxylic acids is 1. The molecule has 0 aliphatic carbocycles. The zero-order chi connectivity index (χ0) is 16.8. The van der Waals surface area contributed by atoms with E-state index in [0.717, 1.165) is 19.4 Å². The third kappa shape index (κ3) is 2.88. The second-order valence-corrected chi connectivity index (χ2v) is 7.35. The van der Waals surface area contributed by atoms with Crippen LogP contribution in [0.15, 0.2) is 5.38 Å². The molecule has 1 atom stereocenters. The molecule has 1 saturated heterocycles. The summed E-state index contributed by atoms with van der Waals surface area (Å²) < 4.78 is 1.71. The van der Waals surface area contributed by atoms with Gasteiger partial charge < -0.3 is 14.6 Å². The van der Waals surface area contributed by atoms with Crippen molar-refractivity contribution < 1.29 is 9.90 Å². The first-order valence-corrected chi connectivity index (χ1v) is 8.56. The largest absolute Gasteiger partial charge is 0.382 e. The average molecular weight is 335 g/mol. The van der Waals surface area contributed by atoms with Crippen LogP contribution in [0.1, 0.15) is 49.9 Å². The summed E-state index contributed by atoms with van der Waals surface area (Å²) in [5, 5.41) is 20.6. The van der Waals surface area contributed by atoms with Gasteiger partial charge in [0.1, 0.15) is 11.3 Å². The summed E-state index contributed by atoms with van der Waals surface area (Å²) in [5.41, 5.74) is -0.632. The molecule has 1 amide bonds. The van der Waals surface area contributed by atoms with Gasteiger partial charge in [0.25, 0.3) is 5.91 Å². The molecule has 1 aliphatic heterocycles. The first-order chi connectivity index (χ1) is 10.8. The summed E-state index contributed by atoms with van der Waals surface area (Å²) in [7, 11) is 1.79. The molecule has 8 heteroatoms. The first-order valence-electron chi connectivity index (χ1n) is 7.68. The molecular weight excluding hydrogens is 314 g/mol. The maximum Gasteiger partial charge on any atom is 0.273 e. The van der Waals surface area contributed by atoms with E-state index in [1.165, 1.54) is 11.3 Å². The van der Waals surface area contributed by atoms with E-state index >= 15 is 0 Å². The van der Waals surface area contributed by atoms with Gasteiger partial charge in [0.05, 0.1) is 0 Å². The van der Waals surface area contributed by atoms with Gasteiger partial charge in [0.15, 0.2) is 16.7 Å². The predicted molar refractivity (Wildman–Crippen MR) is 87.1 cm³/mol. The van der Waals surface area contributed by atoms with Crippen LogP contribution >= 0.6 is 11.3 Å². The van der Waals surface area contributed by atoms with E-state index < -0.39 is 5.60 Å². The topological polar surface area (TPSA) is 84.1 Å². The lowest BCUT2D eigenvalue weighted by molar-refractivity contribution is 0.0654. The molecule has 7 nitrogen and oxygen atoms in total. The van der Waals surface area contributed by atoms with Crippen molar-refractivity contribution in [1.29, 1.82) is 0 Å². The standard InChI is InChI=1S/C15H21N5O2S/c1-9-6-5-7-20(9)13(21)10-8-23-12(16-10)11-17-18-14(19(11)4)15(2,3)22/h8-9,22H,5-7H2,1-4H3/t9-/m0/s1. The molecule has 0 aromatic carbocycles. The van der Waals surface area contributed by atoms with Crippen LogP contribution in [-0.4, -0.2) is 48.2 Å². The number of nitrogens with zero attached hydrogens (tertiary/aromatic N) is 5. The molecular formula is C15H21N5O2S. The molecule has 0 unspecified atom stereocenters. The summed E-state index contributed by atoms with van der Waals surface area (Å²) >= 11 is 1.37. The minimum atomic E-state index is -1.08. The van der Waals surface area contributed by atoms with E-state index in [1.807, 2.05) is 4.90 Å². The second kappa shape index (κ2) is 5.68. The molecule has 1 N–H and O–H groups in total. The van der Waals surface area contributed by atoms with Crippen molar-refractivity contribution >= 4 is 17.2 Å². The summed E-state index contributed by atoms with van der Waals surface area (Å²) in [5.74, 6) is 0.992. The minimum Gasteiger partial charge on any atom is -0.382 e. The molecule has 2 aromatic heterocycles. The highest BCUT2D eigenvalue weighted by atomic mass is 32.1. The van der Waals surface area contributed by atoms with Crippen LogP contribution in [0, 0.1) is 0 Å². The van der Waals surface area contributed by atoms with Gasteiger partial charge in [-0.25, -0.2) is 4.98 Å². The van der Waals surface area contributed by atoms with Crippen molar-refractivity contribution in [3.05, 3.63) is 16.9 Å². The second-order valence-electron chi connectivity index (χ2n) is 6.49. The van der Waals surface area contributed by atoms with E-state index in [-0.39, 0.29) is 11.9 Å². The lowest BCUT2D eigenvalue weighted by Gasteiger charge is -2.19. The highest BCUT2D eigenvalue weighted by Gasteiger charge is 2.29. The van der Waals surface area contributed by atoms with Crippen LogP contribution in [0.3, 0.4) is 0 Å². The van der Waals surface area contributed by atoms with E-state index in [1.54, 1.807) is 30.8 Å². The highest BCUT2D eigenvalue weighted by Crippen LogP contribution is 2.27. The van der Waals surface area contributed by atoms with Crippen molar-refractivity contribution in [3.63, 3.8) is 0 Å². The SMILES string of the molecule is C[C@H]1CCCN1C(=O)c1csc(-c2nnc(C(C)(C)O)n2C)n1. The quantitative estimate of drug-likeness (QED) is 0.924. The Bertz CT molecular complexity index is 731. The van der Waals surface area contributed by atoms with Crippen LogP contribution in [0.2, 0.25) is 0 Å². The maximum atomic E-state index is 12.5. The molecule has 3 heterocycles. The number of aliphatic hydroxyl groups is 1. The van der Waals surface area contributed by atoms with Gasteiger partial charge in [0.2, 0.25) is 0 Å². The number of rotatable bonds is 3. The summed E-state index contributed by atoms with van der Waals surface area (Å²) in [6.45, 7) is 6.18. The van der Waals surface area contributed by atoms with E-state index in [9.17, 15) is 9.90 Å². The van der Waals surface area contributed by atoms with Gasteiger partial charge in [-0.05, 0) is 33.6 Å². The van der Waals surface area contributed by atoms with Gasteiger partial charge in [-0.3, -0.25) is 4.79 Å². The van der Waals surface area contributed by atoms with Gasteiger partial charge in [-0.1, -0.05) is 0 Å². The first kappa shape index (κ1) is 16.1. The van der Waals surface area contributed by atoms with Gasteiger partial charge in [-0.15, -0.1) is 21.5 Å². The third-order valence-corrected chi connectivity index (χ3v) is 4.99. The number of amides is 1. The Morgan fingerprint density at radius 2 is 2.17 bits per heavy atom. The summed E-state index contributed by atoms with van der Waals surface area (Å²) in [4.78, 5) is 18.8. The van der Waals surface area contributed by atoms with Crippen LogP contribution in [0.5, 0.6) is 0 Å². The maximum absolute atomic E-state index is 12.5. The monoisotopic (exact) mass is 335 g/mol. The fraction of sp³-hybridized carbons (Fsp3) is 0.600. The van der Waals surface area contributed by atoms with Gasteiger partial charge in [0, 0.05) is 25.0 Å². The summed E-state index contributed by atoms with van der Waals surface area (Å²) in [6, 6.07) is 0.268. The molecule has 1 aliphatic rings. The zero-order valence-corrected chi connectivity index (χ0v) is 14.6. The van der Waals surface area contributed by atoms with Crippen molar-refractivity contribution in [2.24, 2.45) is 7.05 Å². The fourth-order valence-corrected chi connectivity index (χ4v) is 3.72. The lowest BCUT2D eigenvalue weighted by atomic mass is 10.1. The number of aromatic nitrogens is 4. The summed E-state index contributed by atoms with van der Waals surface area (Å²) in [6.07, 6.45) is 2.09. The Kier molecular flexibility index (Phi) is 3.97. The third-order valence-electron chi connectivity index (χ3n) is 4.15. The number of hydrogen-bond donors (Lipinski definition) is 1. The van der Waals surface area contributed by atoms with E-state index in [2.05, 4.69) is 22.1 Å². The number of likely N-dealkylation sites (tertiary alicyclic amines) is 1. The predicted octanol–water partition coefficient (Wildman–Crippen LogP) is 1.79. The fourth-order valence-electron chi connectivity index (χ4n) is 2.90. The van der Waals surface area contributed by atoms with Crippen LogP contribution in [0.4, 0.5) is 0 Å². The molecule has 3 rings (SSSR count). The normalized spacial score (nSPS) is 18.7. The Labute approximate surface area is 139 Å². The molecule has 0 spiro atoms. The molecule has 0 saturated carbocycles. The van der Waals surface area contributed by atoms with Crippen molar-refractivity contribution in [1.82, 2.24) is 24.6 Å². The van der Waals surface area contributed by atoms with Crippen molar-refractivity contribution in [2.75, 3.05) is 6.54 Å². The molecule has 2 aromatic rings. The Hall–Kier alpha value is -1.80. The van der Waals surface area contributed by atoms with E-state index in [4.69, 9.17) is 0 Å². The Balaban J connectivity index is 1.88. The Morgan fingerprint density at radius 3 is 2.74 bits per heavy atom. The smallest absolute Gasteiger partial charge is 0.273 e. The molecule has 124 valence electrons. The van der Waals surface area contributed by atoms with Gasteiger partial charge in [-0.2, -0.15) is 0 Å². The number of hydrogen-bond acceptors (Lipinski definition) is 6. The number of carbonyl (C=O) groups is 1. The average Bonchev–Trinajstić information content (AvgIpc) is 3.15. The van der Waals surface area contributed by atoms with Crippen molar-refractivity contribution in [2.45, 2.75) is 45.3 Å². The molecule has 0 bridgehead atoms.